The number of carbonyl (C=O) groups excluding carboxylic acids is 2. The van der Waals surface area contributed by atoms with Gasteiger partial charge in [-0.1, -0.05) is 11.6 Å². The molecule has 27 heavy (non-hydrogen) atoms. The SMILES string of the molecule is CC(C)N(CCNC(=O)C1CCN(C(=O)c2ccc(Cl)cc2)CC1)C(C)C. The molecule has 1 aromatic rings. The van der Waals surface area contributed by atoms with Gasteiger partial charge in [-0.15, -0.1) is 0 Å². The number of piperidine rings is 1. The van der Waals surface area contributed by atoms with Crippen LogP contribution in [-0.2, 0) is 4.79 Å². The number of carbonyl (C=O) groups is 2. The van der Waals surface area contributed by atoms with E-state index in [-0.39, 0.29) is 17.7 Å². The lowest BCUT2D eigenvalue weighted by molar-refractivity contribution is -0.126. The Morgan fingerprint density at radius 1 is 1.11 bits per heavy atom. The van der Waals surface area contributed by atoms with Crippen molar-refractivity contribution in [1.82, 2.24) is 15.1 Å². The van der Waals surface area contributed by atoms with Crippen LogP contribution in [0.15, 0.2) is 24.3 Å². The van der Waals surface area contributed by atoms with Crippen molar-refractivity contribution < 1.29 is 9.59 Å². The Bertz CT molecular complexity index is 615. The number of hydrogen-bond acceptors (Lipinski definition) is 3. The van der Waals surface area contributed by atoms with Gasteiger partial charge in [0.25, 0.3) is 5.91 Å². The molecule has 0 aliphatic carbocycles. The van der Waals surface area contributed by atoms with Gasteiger partial charge in [-0.05, 0) is 64.8 Å². The summed E-state index contributed by atoms with van der Waals surface area (Å²) in [6, 6.07) is 7.88. The summed E-state index contributed by atoms with van der Waals surface area (Å²) in [4.78, 5) is 29.2. The van der Waals surface area contributed by atoms with Gasteiger partial charge in [-0.2, -0.15) is 0 Å². The van der Waals surface area contributed by atoms with Crippen LogP contribution < -0.4 is 5.32 Å². The molecule has 1 saturated heterocycles. The standard InChI is InChI=1S/C21H32ClN3O2/c1-15(2)25(16(3)4)14-11-23-20(26)17-9-12-24(13-10-17)21(27)18-5-7-19(22)8-6-18/h5-8,15-17H,9-14H2,1-4H3,(H,23,26). The van der Waals surface area contributed by atoms with Gasteiger partial charge in [0, 0.05) is 54.8 Å². The fraction of sp³-hybridized carbons (Fsp3) is 0.619. The molecule has 6 heteroatoms. The van der Waals surface area contributed by atoms with E-state index in [0.29, 0.717) is 55.1 Å². The highest BCUT2D eigenvalue weighted by molar-refractivity contribution is 6.30. The predicted octanol–water partition coefficient (Wildman–Crippen LogP) is 3.43. The van der Waals surface area contributed by atoms with Crippen LogP contribution in [-0.4, -0.2) is 59.9 Å². The lowest BCUT2D eigenvalue weighted by Crippen LogP contribution is -2.46. The Morgan fingerprint density at radius 3 is 2.19 bits per heavy atom. The molecular weight excluding hydrogens is 362 g/mol. The molecule has 0 saturated carbocycles. The van der Waals surface area contributed by atoms with E-state index in [9.17, 15) is 9.59 Å². The second-order valence-electron chi connectivity index (χ2n) is 7.79. The quantitative estimate of drug-likeness (QED) is 0.772. The van der Waals surface area contributed by atoms with E-state index < -0.39 is 0 Å². The van der Waals surface area contributed by atoms with E-state index in [1.807, 2.05) is 4.90 Å². The number of halogens is 1. The maximum Gasteiger partial charge on any atom is 0.253 e. The molecule has 150 valence electrons. The van der Waals surface area contributed by atoms with E-state index in [0.717, 1.165) is 6.54 Å². The second kappa shape index (κ2) is 10.1. The Kier molecular flexibility index (Phi) is 8.11. The molecule has 1 N–H and O–H groups in total. The third kappa shape index (κ3) is 6.22. The number of nitrogens with one attached hydrogen (secondary N) is 1. The van der Waals surface area contributed by atoms with E-state index in [1.54, 1.807) is 24.3 Å². The minimum Gasteiger partial charge on any atom is -0.355 e. The van der Waals surface area contributed by atoms with Gasteiger partial charge in [-0.3, -0.25) is 14.5 Å². The number of benzene rings is 1. The maximum absolute atomic E-state index is 12.5. The van der Waals surface area contributed by atoms with Crippen molar-refractivity contribution in [3.05, 3.63) is 34.9 Å². The van der Waals surface area contributed by atoms with Crippen LogP contribution >= 0.6 is 11.6 Å². The van der Waals surface area contributed by atoms with E-state index in [2.05, 4.69) is 37.9 Å². The molecule has 2 rings (SSSR count). The molecule has 0 radical (unpaired) electrons. The van der Waals surface area contributed by atoms with Crippen LogP contribution in [0.3, 0.4) is 0 Å². The summed E-state index contributed by atoms with van der Waals surface area (Å²) in [5.74, 6) is 0.113. The summed E-state index contributed by atoms with van der Waals surface area (Å²) in [6.45, 7) is 11.5. The molecule has 5 nitrogen and oxygen atoms in total. The van der Waals surface area contributed by atoms with Crippen LogP contribution in [0, 0.1) is 5.92 Å². The van der Waals surface area contributed by atoms with Crippen molar-refractivity contribution in [2.24, 2.45) is 5.92 Å². The zero-order valence-electron chi connectivity index (χ0n) is 16.9. The minimum atomic E-state index is -0.00850. The number of amides is 2. The van der Waals surface area contributed by atoms with Gasteiger partial charge in [0.2, 0.25) is 5.91 Å². The van der Waals surface area contributed by atoms with E-state index in [4.69, 9.17) is 11.6 Å². The maximum atomic E-state index is 12.5. The van der Waals surface area contributed by atoms with E-state index >= 15 is 0 Å². The lowest BCUT2D eigenvalue weighted by Gasteiger charge is -2.32. The van der Waals surface area contributed by atoms with Crippen LogP contribution in [0.4, 0.5) is 0 Å². The van der Waals surface area contributed by atoms with Gasteiger partial charge >= 0.3 is 0 Å². The van der Waals surface area contributed by atoms with Crippen molar-refractivity contribution in [3.8, 4) is 0 Å². The second-order valence-corrected chi connectivity index (χ2v) is 8.23. The number of likely N-dealkylation sites (tertiary alicyclic amines) is 1. The third-order valence-corrected chi connectivity index (χ3v) is 5.49. The highest BCUT2D eigenvalue weighted by Gasteiger charge is 2.27. The number of hydrogen-bond donors (Lipinski definition) is 1. The average Bonchev–Trinajstić information content (AvgIpc) is 2.64. The Balaban J connectivity index is 1.77. The van der Waals surface area contributed by atoms with Crippen LogP contribution in [0.25, 0.3) is 0 Å². The first kappa shape index (κ1) is 21.7. The molecule has 1 aliphatic heterocycles. The largest absolute Gasteiger partial charge is 0.355 e. The Hall–Kier alpha value is -1.59. The first-order chi connectivity index (χ1) is 12.8. The first-order valence-corrected chi connectivity index (χ1v) is 10.3. The number of nitrogens with zero attached hydrogens (tertiary/aromatic N) is 2. The summed E-state index contributed by atoms with van der Waals surface area (Å²) < 4.78 is 0. The molecule has 0 spiro atoms. The van der Waals surface area contributed by atoms with Crippen molar-refractivity contribution in [2.45, 2.75) is 52.6 Å². The molecular formula is C21H32ClN3O2. The van der Waals surface area contributed by atoms with Gasteiger partial charge in [0.1, 0.15) is 0 Å². The normalized spacial score (nSPS) is 15.6. The lowest BCUT2D eigenvalue weighted by atomic mass is 9.95. The van der Waals surface area contributed by atoms with Gasteiger partial charge in [-0.25, -0.2) is 0 Å². The summed E-state index contributed by atoms with van der Waals surface area (Å²) in [5.41, 5.74) is 0.643. The Labute approximate surface area is 168 Å². The fourth-order valence-corrected chi connectivity index (χ4v) is 3.81. The monoisotopic (exact) mass is 393 g/mol. The van der Waals surface area contributed by atoms with Gasteiger partial charge in [0.15, 0.2) is 0 Å². The summed E-state index contributed by atoms with van der Waals surface area (Å²) in [7, 11) is 0. The molecule has 0 unspecified atom stereocenters. The first-order valence-electron chi connectivity index (χ1n) is 9.88. The fourth-order valence-electron chi connectivity index (χ4n) is 3.69. The molecule has 0 atom stereocenters. The zero-order chi connectivity index (χ0) is 20.0. The minimum absolute atomic E-state index is 0.00850. The van der Waals surface area contributed by atoms with Gasteiger partial charge in [0.05, 0.1) is 0 Å². The number of rotatable bonds is 7. The van der Waals surface area contributed by atoms with Crippen LogP contribution in [0.1, 0.15) is 50.9 Å². The van der Waals surface area contributed by atoms with E-state index in [1.165, 1.54) is 0 Å². The molecule has 1 aromatic carbocycles. The molecule has 1 fully saturated rings. The molecule has 0 bridgehead atoms. The van der Waals surface area contributed by atoms with Crippen LogP contribution in [0.2, 0.25) is 5.02 Å². The van der Waals surface area contributed by atoms with Crippen LogP contribution in [0.5, 0.6) is 0 Å². The average molecular weight is 394 g/mol. The van der Waals surface area contributed by atoms with Crippen molar-refractivity contribution in [3.63, 3.8) is 0 Å². The third-order valence-electron chi connectivity index (χ3n) is 5.24. The summed E-state index contributed by atoms with van der Waals surface area (Å²) in [5, 5.41) is 3.70. The molecule has 2 amide bonds. The smallest absolute Gasteiger partial charge is 0.253 e. The van der Waals surface area contributed by atoms with Crippen molar-refractivity contribution in [2.75, 3.05) is 26.2 Å². The van der Waals surface area contributed by atoms with Gasteiger partial charge < -0.3 is 10.2 Å². The van der Waals surface area contributed by atoms with Crippen molar-refractivity contribution >= 4 is 23.4 Å². The highest BCUT2D eigenvalue weighted by atomic mass is 35.5. The molecule has 1 heterocycles. The molecule has 1 aliphatic rings. The molecule has 0 aromatic heterocycles. The van der Waals surface area contributed by atoms with Crippen molar-refractivity contribution in [1.29, 1.82) is 0 Å². The predicted molar refractivity (Wildman–Crippen MR) is 110 cm³/mol. The highest BCUT2D eigenvalue weighted by Crippen LogP contribution is 2.20. The zero-order valence-corrected chi connectivity index (χ0v) is 17.6. The Morgan fingerprint density at radius 2 is 1.67 bits per heavy atom. The summed E-state index contributed by atoms with van der Waals surface area (Å²) in [6.07, 6.45) is 1.42. The summed E-state index contributed by atoms with van der Waals surface area (Å²) >= 11 is 5.88. The topological polar surface area (TPSA) is 52.7 Å².